The zero-order chi connectivity index (χ0) is 15.1. The molecule has 0 spiro atoms. The summed E-state index contributed by atoms with van der Waals surface area (Å²) in [7, 11) is 0. The van der Waals surface area contributed by atoms with Crippen molar-refractivity contribution in [1.29, 1.82) is 0 Å². The molecule has 22 heavy (non-hydrogen) atoms. The van der Waals surface area contributed by atoms with Gasteiger partial charge in [0.2, 0.25) is 0 Å². The Morgan fingerprint density at radius 2 is 2.27 bits per heavy atom. The van der Waals surface area contributed by atoms with Crippen LogP contribution in [0.5, 0.6) is 0 Å². The molecule has 0 bridgehead atoms. The number of thiophene rings is 1. The molecular formula is C15H18N6S. The van der Waals surface area contributed by atoms with E-state index in [-0.39, 0.29) is 0 Å². The lowest BCUT2D eigenvalue weighted by molar-refractivity contribution is 0.381. The molecule has 7 heteroatoms. The summed E-state index contributed by atoms with van der Waals surface area (Å²) in [6.45, 7) is 6.18. The Morgan fingerprint density at radius 3 is 3.18 bits per heavy atom. The minimum Gasteiger partial charge on any atom is -0.369 e. The monoisotopic (exact) mass is 314 g/mol. The largest absolute Gasteiger partial charge is 0.369 e. The average Bonchev–Trinajstić information content (AvgIpc) is 3.10. The number of hydrogen-bond acceptors (Lipinski definition) is 6. The van der Waals surface area contributed by atoms with E-state index in [2.05, 4.69) is 43.9 Å². The van der Waals surface area contributed by atoms with Gasteiger partial charge in [0.25, 0.3) is 0 Å². The van der Waals surface area contributed by atoms with E-state index in [1.807, 2.05) is 6.33 Å². The van der Waals surface area contributed by atoms with Gasteiger partial charge in [-0.1, -0.05) is 0 Å². The normalized spacial score (nSPS) is 17.6. The van der Waals surface area contributed by atoms with Gasteiger partial charge in [0.05, 0.1) is 5.39 Å². The van der Waals surface area contributed by atoms with Gasteiger partial charge in [0.15, 0.2) is 0 Å². The van der Waals surface area contributed by atoms with Crippen molar-refractivity contribution < 1.29 is 0 Å². The first kappa shape index (κ1) is 13.6. The number of aryl methyl sites for hydroxylation is 3. The standard InChI is InChI=1S/C15H18N6S/c1-9-10(2)22-15-13(9)14(17-7-18-15)16-5-11-3-4-12-20-19-8-21(12)6-11/h7-8,11H,3-6H2,1-2H3,(H,16,17,18)/t11-/m0/s1. The Labute approximate surface area is 132 Å². The fraction of sp³-hybridized carbons (Fsp3) is 0.467. The van der Waals surface area contributed by atoms with E-state index >= 15 is 0 Å². The minimum atomic E-state index is 0.577. The highest BCUT2D eigenvalue weighted by molar-refractivity contribution is 7.18. The summed E-state index contributed by atoms with van der Waals surface area (Å²) < 4.78 is 2.16. The summed E-state index contributed by atoms with van der Waals surface area (Å²) in [6.07, 6.45) is 5.62. The van der Waals surface area contributed by atoms with Crippen molar-refractivity contribution in [3.63, 3.8) is 0 Å². The van der Waals surface area contributed by atoms with Crippen molar-refractivity contribution in [3.8, 4) is 0 Å². The number of aromatic nitrogens is 5. The molecule has 114 valence electrons. The van der Waals surface area contributed by atoms with Crippen LogP contribution in [0, 0.1) is 19.8 Å². The lowest BCUT2D eigenvalue weighted by atomic mass is 9.99. The summed E-state index contributed by atoms with van der Waals surface area (Å²) in [4.78, 5) is 11.2. The maximum absolute atomic E-state index is 4.45. The lowest BCUT2D eigenvalue weighted by Gasteiger charge is -2.23. The summed E-state index contributed by atoms with van der Waals surface area (Å²) in [5, 5.41) is 12.8. The second-order valence-electron chi connectivity index (χ2n) is 5.87. The van der Waals surface area contributed by atoms with Gasteiger partial charge in [0, 0.05) is 24.4 Å². The van der Waals surface area contributed by atoms with E-state index < -0.39 is 0 Å². The fourth-order valence-corrected chi connectivity index (χ4v) is 4.05. The third-order valence-electron chi connectivity index (χ3n) is 4.45. The van der Waals surface area contributed by atoms with Crippen LogP contribution < -0.4 is 5.32 Å². The van der Waals surface area contributed by atoms with Gasteiger partial charge < -0.3 is 9.88 Å². The zero-order valence-electron chi connectivity index (χ0n) is 12.7. The Hall–Kier alpha value is -2.02. The molecule has 3 aromatic rings. The molecule has 1 aliphatic rings. The van der Waals surface area contributed by atoms with Gasteiger partial charge in [-0.15, -0.1) is 21.5 Å². The van der Waals surface area contributed by atoms with Crippen LogP contribution in [0.4, 0.5) is 5.82 Å². The minimum absolute atomic E-state index is 0.577. The van der Waals surface area contributed by atoms with Crippen LogP contribution in [0.25, 0.3) is 10.2 Å². The van der Waals surface area contributed by atoms with Gasteiger partial charge in [-0.25, -0.2) is 9.97 Å². The number of nitrogens with one attached hydrogen (secondary N) is 1. The van der Waals surface area contributed by atoms with E-state index in [1.165, 1.54) is 15.8 Å². The second-order valence-corrected chi connectivity index (χ2v) is 7.07. The first-order valence-electron chi connectivity index (χ1n) is 7.53. The van der Waals surface area contributed by atoms with Gasteiger partial charge >= 0.3 is 0 Å². The van der Waals surface area contributed by atoms with E-state index in [1.54, 1.807) is 17.7 Å². The molecule has 0 fully saturated rings. The van der Waals surface area contributed by atoms with Crippen LogP contribution in [0.15, 0.2) is 12.7 Å². The Morgan fingerprint density at radius 1 is 1.36 bits per heavy atom. The van der Waals surface area contributed by atoms with Crippen LogP contribution in [0.2, 0.25) is 0 Å². The van der Waals surface area contributed by atoms with Gasteiger partial charge in [-0.3, -0.25) is 0 Å². The highest BCUT2D eigenvalue weighted by Gasteiger charge is 2.20. The van der Waals surface area contributed by atoms with E-state index in [4.69, 9.17) is 0 Å². The summed E-state index contributed by atoms with van der Waals surface area (Å²) >= 11 is 1.73. The van der Waals surface area contributed by atoms with Gasteiger partial charge in [-0.2, -0.15) is 0 Å². The molecule has 0 unspecified atom stereocenters. The maximum Gasteiger partial charge on any atom is 0.138 e. The van der Waals surface area contributed by atoms with Crippen molar-refractivity contribution in [2.75, 3.05) is 11.9 Å². The molecule has 0 aliphatic carbocycles. The second kappa shape index (κ2) is 5.31. The Balaban J connectivity index is 1.53. The maximum atomic E-state index is 4.45. The summed E-state index contributed by atoms with van der Waals surface area (Å²) in [5.74, 6) is 2.64. The van der Waals surface area contributed by atoms with Crippen LogP contribution >= 0.6 is 11.3 Å². The summed E-state index contributed by atoms with van der Waals surface area (Å²) in [5.41, 5.74) is 1.29. The van der Waals surface area contributed by atoms with E-state index in [0.717, 1.165) is 42.4 Å². The SMILES string of the molecule is Cc1sc2ncnc(NC[C@@H]3CCc4nncn4C3)c2c1C. The zero-order valence-corrected chi connectivity index (χ0v) is 13.5. The Kier molecular flexibility index (Phi) is 3.29. The molecule has 0 saturated heterocycles. The first-order chi connectivity index (χ1) is 10.7. The molecular weight excluding hydrogens is 296 g/mol. The molecule has 1 atom stereocenters. The van der Waals surface area contributed by atoms with Crippen LogP contribution in [0.1, 0.15) is 22.7 Å². The Bertz CT molecular complexity index is 821. The molecule has 0 amide bonds. The molecule has 1 aliphatic heterocycles. The molecule has 4 heterocycles. The fourth-order valence-electron chi connectivity index (χ4n) is 3.05. The van der Waals surface area contributed by atoms with Crippen LogP contribution in [0.3, 0.4) is 0 Å². The number of nitrogens with zero attached hydrogens (tertiary/aromatic N) is 5. The smallest absolute Gasteiger partial charge is 0.138 e. The van der Waals surface area contributed by atoms with E-state index in [0.29, 0.717) is 5.92 Å². The highest BCUT2D eigenvalue weighted by Crippen LogP contribution is 2.32. The number of fused-ring (bicyclic) bond motifs is 2. The topological polar surface area (TPSA) is 68.5 Å². The first-order valence-corrected chi connectivity index (χ1v) is 8.35. The number of rotatable bonds is 3. The van der Waals surface area contributed by atoms with Crippen molar-refractivity contribution in [1.82, 2.24) is 24.7 Å². The number of hydrogen-bond donors (Lipinski definition) is 1. The molecule has 0 saturated carbocycles. The third-order valence-corrected chi connectivity index (χ3v) is 5.57. The predicted octanol–water partition coefficient (Wildman–Crippen LogP) is 2.57. The number of anilines is 1. The van der Waals surface area contributed by atoms with Gasteiger partial charge in [-0.05, 0) is 31.7 Å². The van der Waals surface area contributed by atoms with E-state index in [9.17, 15) is 0 Å². The molecule has 0 radical (unpaired) electrons. The molecule has 0 aromatic carbocycles. The van der Waals surface area contributed by atoms with Crippen LogP contribution in [-0.2, 0) is 13.0 Å². The molecule has 1 N–H and O–H groups in total. The molecule has 6 nitrogen and oxygen atoms in total. The summed E-state index contributed by atoms with van der Waals surface area (Å²) in [6, 6.07) is 0. The predicted molar refractivity (Wildman–Crippen MR) is 87.2 cm³/mol. The van der Waals surface area contributed by atoms with Crippen molar-refractivity contribution in [2.45, 2.75) is 33.2 Å². The highest BCUT2D eigenvalue weighted by atomic mass is 32.1. The quantitative estimate of drug-likeness (QED) is 0.804. The van der Waals surface area contributed by atoms with Crippen molar-refractivity contribution in [3.05, 3.63) is 28.9 Å². The van der Waals surface area contributed by atoms with Crippen molar-refractivity contribution in [2.24, 2.45) is 5.92 Å². The van der Waals surface area contributed by atoms with Crippen molar-refractivity contribution >= 4 is 27.4 Å². The average molecular weight is 314 g/mol. The van der Waals surface area contributed by atoms with Gasteiger partial charge in [0.1, 0.15) is 29.1 Å². The molecule has 3 aromatic heterocycles. The lowest BCUT2D eigenvalue weighted by Crippen LogP contribution is -2.26. The molecule has 4 rings (SSSR count). The third kappa shape index (κ3) is 2.25. The van der Waals surface area contributed by atoms with Crippen LogP contribution in [-0.4, -0.2) is 31.3 Å².